The highest BCUT2D eigenvalue weighted by Gasteiger charge is 2.20. The minimum atomic E-state index is -3.79. The highest BCUT2D eigenvalue weighted by molar-refractivity contribution is 7.90. The van der Waals surface area contributed by atoms with Gasteiger partial charge in [0.25, 0.3) is 11.6 Å². The van der Waals surface area contributed by atoms with Gasteiger partial charge in [-0.05, 0) is 41.6 Å². The fraction of sp³-hybridized carbons (Fsp3) is 0.125. The summed E-state index contributed by atoms with van der Waals surface area (Å²) in [6, 6.07) is 6.45. The maximum absolute atomic E-state index is 14.1. The van der Waals surface area contributed by atoms with Gasteiger partial charge in [0.15, 0.2) is 15.7 Å². The van der Waals surface area contributed by atoms with Gasteiger partial charge in [-0.15, -0.1) is 5.10 Å². The predicted molar refractivity (Wildman–Crippen MR) is 98.0 cm³/mol. The summed E-state index contributed by atoms with van der Waals surface area (Å²) in [6.45, 7) is 1.56. The molecule has 13 heteroatoms. The molecule has 150 valence electrons. The summed E-state index contributed by atoms with van der Waals surface area (Å²) < 4.78 is 38.8. The van der Waals surface area contributed by atoms with Crippen molar-refractivity contribution in [1.29, 1.82) is 0 Å². The molecule has 0 atom stereocenters. The number of halogens is 1. The molecule has 1 amide bonds. The van der Waals surface area contributed by atoms with Crippen LogP contribution >= 0.6 is 0 Å². The van der Waals surface area contributed by atoms with Crippen molar-refractivity contribution < 1.29 is 22.5 Å². The van der Waals surface area contributed by atoms with E-state index in [9.17, 15) is 27.7 Å². The lowest BCUT2D eigenvalue weighted by molar-refractivity contribution is -0.385. The first-order valence-electron chi connectivity index (χ1n) is 7.92. The molecule has 0 aliphatic heterocycles. The number of nitro benzene ring substituents is 1. The van der Waals surface area contributed by atoms with Crippen molar-refractivity contribution in [2.75, 3.05) is 11.6 Å². The Labute approximate surface area is 163 Å². The number of aryl methyl sites for hydroxylation is 1. The highest BCUT2D eigenvalue weighted by Crippen LogP contribution is 2.23. The van der Waals surface area contributed by atoms with Crippen molar-refractivity contribution in [3.8, 4) is 5.69 Å². The number of rotatable bonds is 5. The van der Waals surface area contributed by atoms with Crippen LogP contribution < -0.4 is 5.32 Å². The number of sulfone groups is 1. The highest BCUT2D eigenvalue weighted by atomic mass is 32.2. The van der Waals surface area contributed by atoms with Crippen LogP contribution in [0.2, 0.25) is 0 Å². The van der Waals surface area contributed by atoms with Crippen LogP contribution in [0.25, 0.3) is 5.69 Å². The lowest BCUT2D eigenvalue weighted by Gasteiger charge is -2.10. The molecule has 29 heavy (non-hydrogen) atoms. The number of non-ortho nitro benzene ring substituents is 1. The second-order valence-electron chi connectivity index (χ2n) is 6.00. The van der Waals surface area contributed by atoms with E-state index in [1.54, 1.807) is 6.92 Å². The largest absolute Gasteiger partial charge is 0.322 e. The van der Waals surface area contributed by atoms with E-state index >= 15 is 0 Å². The third kappa shape index (κ3) is 4.24. The summed E-state index contributed by atoms with van der Waals surface area (Å²) in [7, 11) is -3.79. The Morgan fingerprint density at radius 3 is 2.55 bits per heavy atom. The summed E-state index contributed by atoms with van der Waals surface area (Å²) in [5.41, 5.74) is -0.679. The van der Waals surface area contributed by atoms with Crippen molar-refractivity contribution >= 4 is 27.1 Å². The first kappa shape index (κ1) is 20.0. The Hall–Kier alpha value is -3.74. The molecule has 1 N–H and O–H groups in total. The van der Waals surface area contributed by atoms with Crippen molar-refractivity contribution in [3.05, 3.63) is 63.7 Å². The maximum atomic E-state index is 14.1. The maximum Gasteiger partial charge on any atom is 0.271 e. The molecule has 0 aliphatic rings. The molecule has 3 aromatic rings. The second kappa shape index (κ2) is 7.35. The fourth-order valence-corrected chi connectivity index (χ4v) is 3.12. The molecule has 11 nitrogen and oxygen atoms in total. The van der Waals surface area contributed by atoms with E-state index < -0.39 is 32.2 Å². The average Bonchev–Trinajstić information content (AvgIpc) is 3.07. The fourth-order valence-electron chi connectivity index (χ4n) is 2.44. The molecule has 0 radical (unpaired) electrons. The van der Waals surface area contributed by atoms with E-state index in [2.05, 4.69) is 20.8 Å². The number of nitrogens with zero attached hydrogens (tertiary/aromatic N) is 5. The zero-order valence-electron chi connectivity index (χ0n) is 15.0. The molecular formula is C16H13FN6O5S. The van der Waals surface area contributed by atoms with E-state index in [4.69, 9.17) is 0 Å². The van der Waals surface area contributed by atoms with Gasteiger partial charge in [0.2, 0.25) is 0 Å². The number of nitro groups is 1. The molecule has 3 rings (SSSR count). The van der Waals surface area contributed by atoms with Crippen molar-refractivity contribution in [2.24, 2.45) is 0 Å². The van der Waals surface area contributed by atoms with Crippen LogP contribution in [-0.4, -0.2) is 45.7 Å². The zero-order chi connectivity index (χ0) is 21.3. The Bertz CT molecular complexity index is 1240. The van der Waals surface area contributed by atoms with Crippen molar-refractivity contribution in [3.63, 3.8) is 0 Å². The quantitative estimate of drug-likeness (QED) is 0.484. The van der Waals surface area contributed by atoms with Crippen LogP contribution in [0.4, 0.5) is 15.8 Å². The smallest absolute Gasteiger partial charge is 0.271 e. The molecule has 0 spiro atoms. The van der Waals surface area contributed by atoms with E-state index in [1.165, 1.54) is 12.1 Å². The summed E-state index contributed by atoms with van der Waals surface area (Å²) >= 11 is 0. The lowest BCUT2D eigenvalue weighted by atomic mass is 10.1. The van der Waals surface area contributed by atoms with E-state index in [1.807, 2.05) is 0 Å². The number of hydrogen-bond acceptors (Lipinski definition) is 8. The van der Waals surface area contributed by atoms with Gasteiger partial charge in [0.05, 0.1) is 9.82 Å². The van der Waals surface area contributed by atoms with Crippen molar-refractivity contribution in [2.45, 2.75) is 11.8 Å². The number of hydrogen-bond donors (Lipinski definition) is 1. The van der Waals surface area contributed by atoms with Gasteiger partial charge in [-0.3, -0.25) is 14.9 Å². The Balaban J connectivity index is 1.98. The monoisotopic (exact) mass is 420 g/mol. The van der Waals surface area contributed by atoms with E-state index in [-0.39, 0.29) is 21.8 Å². The Morgan fingerprint density at radius 2 is 1.97 bits per heavy atom. The summed E-state index contributed by atoms with van der Waals surface area (Å²) in [5.74, 6) is -1.15. The summed E-state index contributed by atoms with van der Waals surface area (Å²) in [5, 5.41) is 24.3. The second-order valence-corrected chi connectivity index (χ2v) is 8.02. The number of nitrogens with one attached hydrogen (secondary N) is 1. The average molecular weight is 420 g/mol. The van der Waals surface area contributed by atoms with Crippen LogP contribution in [0.3, 0.4) is 0 Å². The van der Waals surface area contributed by atoms with E-state index in [0.29, 0.717) is 5.82 Å². The van der Waals surface area contributed by atoms with Crippen LogP contribution in [0.15, 0.2) is 41.3 Å². The SMILES string of the molecule is Cc1nnnn1-c1cc(NC(=O)c2cc([N+](=O)[O-])cc(S(C)(=O)=O)c2)ccc1F. The number of aromatic nitrogens is 4. The minimum absolute atomic E-state index is 0.0267. The molecule has 0 saturated carbocycles. The number of amides is 1. The third-order valence-electron chi connectivity index (χ3n) is 3.85. The molecule has 0 saturated heterocycles. The molecule has 0 bridgehead atoms. The first-order chi connectivity index (χ1) is 13.6. The molecule has 1 heterocycles. The number of carbonyl (C=O) groups excluding carboxylic acids is 1. The molecular weight excluding hydrogens is 407 g/mol. The van der Waals surface area contributed by atoms with Gasteiger partial charge in [-0.2, -0.15) is 4.68 Å². The zero-order valence-corrected chi connectivity index (χ0v) is 15.8. The Kier molecular flexibility index (Phi) is 5.07. The molecule has 2 aromatic carbocycles. The van der Waals surface area contributed by atoms with Gasteiger partial charge in [0, 0.05) is 29.6 Å². The normalized spacial score (nSPS) is 11.3. The first-order valence-corrected chi connectivity index (χ1v) is 9.81. The molecule has 0 aliphatic carbocycles. The minimum Gasteiger partial charge on any atom is -0.322 e. The molecule has 1 aromatic heterocycles. The van der Waals surface area contributed by atoms with Crippen LogP contribution in [-0.2, 0) is 9.84 Å². The van der Waals surface area contributed by atoms with Crippen molar-refractivity contribution in [1.82, 2.24) is 20.2 Å². The topological polar surface area (TPSA) is 150 Å². The number of tetrazole rings is 1. The van der Waals surface area contributed by atoms with Crippen LogP contribution in [0, 0.1) is 22.9 Å². The summed E-state index contributed by atoms with van der Waals surface area (Å²) in [6.07, 6.45) is 0.870. The number of anilines is 1. The molecule has 0 unspecified atom stereocenters. The van der Waals surface area contributed by atoms with Gasteiger partial charge in [-0.1, -0.05) is 0 Å². The van der Waals surface area contributed by atoms with Gasteiger partial charge in [0.1, 0.15) is 11.5 Å². The van der Waals surface area contributed by atoms with Gasteiger partial charge < -0.3 is 5.32 Å². The Morgan fingerprint density at radius 1 is 1.24 bits per heavy atom. The van der Waals surface area contributed by atoms with Crippen LogP contribution in [0.5, 0.6) is 0 Å². The standard InChI is InChI=1S/C16H13FN6O5S/c1-9-19-20-21-22(9)15-7-11(3-4-14(15)17)18-16(24)10-5-12(23(25)26)8-13(6-10)29(2,27)28/h3-8H,1-2H3,(H,18,24). The molecule has 0 fully saturated rings. The van der Waals surface area contributed by atoms with Crippen LogP contribution in [0.1, 0.15) is 16.2 Å². The lowest BCUT2D eigenvalue weighted by Crippen LogP contribution is -2.14. The van der Waals surface area contributed by atoms with Gasteiger partial charge in [-0.25, -0.2) is 12.8 Å². The number of carbonyl (C=O) groups is 1. The summed E-state index contributed by atoms with van der Waals surface area (Å²) in [4.78, 5) is 22.4. The number of benzene rings is 2. The predicted octanol–water partition coefficient (Wildman–Crippen LogP) is 1.67. The van der Waals surface area contributed by atoms with E-state index in [0.717, 1.165) is 35.2 Å². The third-order valence-corrected chi connectivity index (χ3v) is 4.94. The van der Waals surface area contributed by atoms with Gasteiger partial charge >= 0.3 is 0 Å².